The lowest BCUT2D eigenvalue weighted by atomic mass is 10.1. The van der Waals surface area contributed by atoms with Crippen molar-refractivity contribution in [1.82, 2.24) is 25.1 Å². The van der Waals surface area contributed by atoms with Crippen LogP contribution in [-0.2, 0) is 17.8 Å². The Labute approximate surface area is 245 Å². The zero-order valence-electron chi connectivity index (χ0n) is 22.4. The van der Waals surface area contributed by atoms with Gasteiger partial charge in [-0.25, -0.2) is 4.98 Å². The first kappa shape index (κ1) is 27.9. The highest BCUT2D eigenvalue weighted by atomic mass is 79.9. The van der Waals surface area contributed by atoms with Gasteiger partial charge < -0.3 is 19.4 Å². The summed E-state index contributed by atoms with van der Waals surface area (Å²) < 4.78 is 13.9. The molecule has 0 radical (unpaired) electrons. The number of hydrogen-bond acceptors (Lipinski definition) is 7. The molecule has 5 rings (SSSR count). The van der Waals surface area contributed by atoms with Crippen molar-refractivity contribution >= 4 is 55.7 Å². The number of benzene rings is 3. The quantitative estimate of drug-likeness (QED) is 0.134. The first-order valence-corrected chi connectivity index (χ1v) is 14.8. The highest BCUT2D eigenvalue weighted by Gasteiger charge is 2.15. The number of para-hydroxylation sites is 1. The van der Waals surface area contributed by atoms with Crippen LogP contribution in [0.2, 0.25) is 0 Å². The molecule has 0 aliphatic carbocycles. The summed E-state index contributed by atoms with van der Waals surface area (Å²) in [5.41, 5.74) is 4.94. The Kier molecular flexibility index (Phi) is 9.18. The Balaban J connectivity index is 1.16. The summed E-state index contributed by atoms with van der Waals surface area (Å²) in [5.74, 6) is 2.14. The number of carbonyl (C=O) groups is 1. The van der Waals surface area contributed by atoms with Crippen LogP contribution in [0.4, 0.5) is 0 Å². The second-order valence-corrected chi connectivity index (χ2v) is 11.2. The van der Waals surface area contributed by atoms with E-state index in [-0.39, 0.29) is 5.91 Å². The maximum atomic E-state index is 12.4. The molecule has 0 spiro atoms. The predicted molar refractivity (Wildman–Crippen MR) is 162 cm³/mol. The van der Waals surface area contributed by atoms with Crippen LogP contribution in [0.3, 0.4) is 0 Å². The van der Waals surface area contributed by atoms with Crippen molar-refractivity contribution in [3.63, 3.8) is 0 Å². The van der Waals surface area contributed by atoms with Crippen molar-refractivity contribution in [2.75, 3.05) is 26.5 Å². The van der Waals surface area contributed by atoms with E-state index in [9.17, 15) is 4.79 Å². The largest absolute Gasteiger partial charge is 0.493 e. The number of carbonyl (C=O) groups excluding carboxylic acids is 1. The van der Waals surface area contributed by atoms with Gasteiger partial charge in [-0.2, -0.15) is 0 Å². The summed E-state index contributed by atoms with van der Waals surface area (Å²) in [6, 6.07) is 22.3. The van der Waals surface area contributed by atoms with E-state index in [1.54, 1.807) is 14.2 Å². The summed E-state index contributed by atoms with van der Waals surface area (Å²) in [6.07, 6.45) is 1.88. The van der Waals surface area contributed by atoms with Crippen molar-refractivity contribution < 1.29 is 14.3 Å². The Morgan fingerprint density at radius 1 is 0.975 bits per heavy atom. The first-order valence-electron chi connectivity index (χ1n) is 13.0. The number of amides is 1. The summed E-state index contributed by atoms with van der Waals surface area (Å²) in [4.78, 5) is 17.2. The average Bonchev–Trinajstić information content (AvgIpc) is 3.29. The highest BCUT2D eigenvalue weighted by Crippen LogP contribution is 2.29. The van der Waals surface area contributed by atoms with Crippen molar-refractivity contribution in [2.24, 2.45) is 0 Å². The van der Waals surface area contributed by atoms with Crippen molar-refractivity contribution in [2.45, 2.75) is 31.0 Å². The van der Waals surface area contributed by atoms with E-state index in [1.165, 1.54) is 17.3 Å². The third-order valence-electron chi connectivity index (χ3n) is 6.57. The van der Waals surface area contributed by atoms with Gasteiger partial charge in [-0.05, 0) is 54.3 Å². The molecule has 0 bridgehead atoms. The SMILES string of the molecule is COc1ccc(CCNC(=O)CCCSc2nnc3c4ccccc4n(Cc4ccc(Br)cc4)c3n2)cc1OC. The molecular weight excluding hydrogens is 590 g/mol. The van der Waals surface area contributed by atoms with Gasteiger partial charge in [0, 0.05) is 35.1 Å². The zero-order valence-corrected chi connectivity index (χ0v) is 24.8. The molecule has 2 heterocycles. The minimum absolute atomic E-state index is 0.0326. The molecule has 1 amide bonds. The normalized spacial score (nSPS) is 11.2. The van der Waals surface area contributed by atoms with Gasteiger partial charge in [0.15, 0.2) is 17.1 Å². The minimum Gasteiger partial charge on any atom is -0.493 e. The molecule has 206 valence electrons. The number of methoxy groups -OCH3 is 2. The Bertz CT molecular complexity index is 1620. The fourth-order valence-electron chi connectivity index (χ4n) is 4.55. The zero-order chi connectivity index (χ0) is 27.9. The maximum Gasteiger partial charge on any atom is 0.220 e. The number of nitrogens with one attached hydrogen (secondary N) is 1. The Morgan fingerprint density at radius 2 is 1.75 bits per heavy atom. The summed E-state index contributed by atoms with van der Waals surface area (Å²) in [5, 5.41) is 13.6. The first-order chi connectivity index (χ1) is 19.6. The summed E-state index contributed by atoms with van der Waals surface area (Å²) in [7, 11) is 3.23. The molecular formula is C30H30BrN5O3S. The minimum atomic E-state index is 0.0326. The van der Waals surface area contributed by atoms with E-state index < -0.39 is 0 Å². The third-order valence-corrected chi connectivity index (χ3v) is 8.02. The van der Waals surface area contributed by atoms with Crippen LogP contribution in [0.5, 0.6) is 11.5 Å². The van der Waals surface area contributed by atoms with Gasteiger partial charge in [0.05, 0.1) is 19.7 Å². The van der Waals surface area contributed by atoms with E-state index in [0.717, 1.165) is 44.3 Å². The molecule has 0 saturated carbocycles. The second-order valence-electron chi connectivity index (χ2n) is 9.24. The Morgan fingerprint density at radius 3 is 2.55 bits per heavy atom. The lowest BCUT2D eigenvalue weighted by Gasteiger charge is -2.10. The van der Waals surface area contributed by atoms with E-state index >= 15 is 0 Å². The molecule has 0 aliphatic heterocycles. The number of nitrogens with zero attached hydrogens (tertiary/aromatic N) is 4. The van der Waals surface area contributed by atoms with Crippen molar-refractivity contribution in [1.29, 1.82) is 0 Å². The standard InChI is InChI=1S/C30H30BrN5O3S/c1-38-25-14-11-20(18-26(25)39-2)15-16-32-27(37)8-5-17-40-30-33-29-28(34-35-30)23-6-3-4-7-24(23)36(29)19-21-9-12-22(31)13-10-21/h3-4,6-7,9-14,18H,5,8,15-17,19H2,1-2H3,(H,32,37). The van der Waals surface area contributed by atoms with E-state index in [4.69, 9.17) is 14.5 Å². The molecule has 40 heavy (non-hydrogen) atoms. The average molecular weight is 621 g/mol. The number of hydrogen-bond donors (Lipinski definition) is 1. The lowest BCUT2D eigenvalue weighted by molar-refractivity contribution is -0.121. The van der Waals surface area contributed by atoms with Crippen LogP contribution in [-0.4, -0.2) is 52.2 Å². The number of aromatic nitrogens is 4. The van der Waals surface area contributed by atoms with Crippen LogP contribution in [0.15, 0.2) is 76.4 Å². The number of rotatable bonds is 12. The molecule has 5 aromatic rings. The van der Waals surface area contributed by atoms with Gasteiger partial charge in [-0.3, -0.25) is 4.79 Å². The number of halogens is 1. The molecule has 10 heteroatoms. The van der Waals surface area contributed by atoms with Crippen LogP contribution < -0.4 is 14.8 Å². The molecule has 8 nitrogen and oxygen atoms in total. The molecule has 0 saturated heterocycles. The van der Waals surface area contributed by atoms with Gasteiger partial charge >= 0.3 is 0 Å². The van der Waals surface area contributed by atoms with Crippen LogP contribution in [0.25, 0.3) is 22.1 Å². The van der Waals surface area contributed by atoms with Gasteiger partial charge in [-0.15, -0.1) is 10.2 Å². The van der Waals surface area contributed by atoms with E-state index in [1.807, 2.05) is 42.5 Å². The maximum absolute atomic E-state index is 12.4. The fraction of sp³-hybridized carbons (Fsp3) is 0.267. The molecule has 3 aromatic carbocycles. The van der Waals surface area contributed by atoms with Crippen molar-refractivity contribution in [3.8, 4) is 11.5 Å². The molecule has 0 fully saturated rings. The lowest BCUT2D eigenvalue weighted by Crippen LogP contribution is -2.25. The molecule has 0 unspecified atom stereocenters. The van der Waals surface area contributed by atoms with Crippen molar-refractivity contribution in [3.05, 3.63) is 82.3 Å². The van der Waals surface area contributed by atoms with Crippen LogP contribution in [0, 0.1) is 0 Å². The Hall–Kier alpha value is -3.63. The van der Waals surface area contributed by atoms with Gasteiger partial charge in [0.1, 0.15) is 5.52 Å². The smallest absolute Gasteiger partial charge is 0.220 e. The molecule has 2 aromatic heterocycles. The summed E-state index contributed by atoms with van der Waals surface area (Å²) in [6.45, 7) is 1.25. The van der Waals surface area contributed by atoms with E-state index in [2.05, 4.69) is 60.3 Å². The fourth-order valence-corrected chi connectivity index (χ4v) is 5.53. The summed E-state index contributed by atoms with van der Waals surface area (Å²) >= 11 is 5.03. The number of ether oxygens (including phenoxy) is 2. The van der Waals surface area contributed by atoms with Gasteiger partial charge in [0.2, 0.25) is 11.1 Å². The van der Waals surface area contributed by atoms with Crippen LogP contribution in [0.1, 0.15) is 24.0 Å². The van der Waals surface area contributed by atoms with Crippen LogP contribution >= 0.6 is 27.7 Å². The van der Waals surface area contributed by atoms with E-state index in [0.29, 0.717) is 42.6 Å². The molecule has 0 atom stereocenters. The van der Waals surface area contributed by atoms with Gasteiger partial charge in [-0.1, -0.05) is 64.1 Å². The third kappa shape index (κ3) is 6.56. The number of thioether (sulfide) groups is 1. The molecule has 0 aliphatic rings. The predicted octanol–water partition coefficient (Wildman–Crippen LogP) is 6.04. The topological polar surface area (TPSA) is 91.2 Å². The number of fused-ring (bicyclic) bond motifs is 3. The second kappa shape index (κ2) is 13.1. The highest BCUT2D eigenvalue weighted by molar-refractivity contribution is 9.10. The molecule has 1 N–H and O–H groups in total. The van der Waals surface area contributed by atoms with Gasteiger partial charge in [0.25, 0.3) is 0 Å². The monoisotopic (exact) mass is 619 g/mol.